The molecule has 1 aliphatic rings. The summed E-state index contributed by atoms with van der Waals surface area (Å²) in [4.78, 5) is 4.97. The van der Waals surface area contributed by atoms with E-state index in [1.807, 2.05) is 0 Å². The highest BCUT2D eigenvalue weighted by molar-refractivity contribution is 5.96. The van der Waals surface area contributed by atoms with E-state index < -0.39 is 0 Å². The van der Waals surface area contributed by atoms with Crippen molar-refractivity contribution in [2.45, 2.75) is 38.5 Å². The van der Waals surface area contributed by atoms with Gasteiger partial charge in [0.25, 0.3) is 5.82 Å². The van der Waals surface area contributed by atoms with Gasteiger partial charge in [-0.3, -0.25) is 0 Å². The molecule has 0 bridgehead atoms. The number of para-hydroxylation sites is 2. The lowest BCUT2D eigenvalue weighted by Gasteiger charge is -2.09. The molecule has 1 aliphatic carbocycles. The molecule has 35 heavy (non-hydrogen) atoms. The molecule has 0 radical (unpaired) electrons. The van der Waals surface area contributed by atoms with Crippen LogP contribution < -0.4 is 4.57 Å². The molecule has 4 nitrogen and oxygen atoms in total. The minimum Gasteiger partial charge on any atom is -0.439 e. The Morgan fingerprint density at radius 2 is 1.66 bits per heavy atom. The van der Waals surface area contributed by atoms with E-state index >= 15 is 0 Å². The molecule has 172 valence electrons. The molecule has 0 spiro atoms. The van der Waals surface area contributed by atoms with E-state index in [0.717, 1.165) is 28.4 Å². The zero-order chi connectivity index (χ0) is 23.5. The van der Waals surface area contributed by atoms with Crippen LogP contribution in [0, 0.1) is 6.92 Å². The predicted molar refractivity (Wildman–Crippen MR) is 141 cm³/mol. The molecule has 6 aromatic rings. The van der Waals surface area contributed by atoms with Gasteiger partial charge >= 0.3 is 0 Å². The number of rotatable bonds is 3. The normalized spacial score (nSPS) is 14.6. The molecule has 4 heteroatoms. The molecule has 0 atom stereocenters. The van der Waals surface area contributed by atoms with Crippen LogP contribution in [-0.4, -0.2) is 9.55 Å². The fourth-order valence-corrected chi connectivity index (χ4v) is 5.97. The summed E-state index contributed by atoms with van der Waals surface area (Å²) >= 11 is 0. The molecule has 7 rings (SSSR count). The third-order valence-corrected chi connectivity index (χ3v) is 7.73. The zero-order valence-corrected chi connectivity index (χ0v) is 20.2. The van der Waals surface area contributed by atoms with E-state index in [1.165, 1.54) is 58.7 Å². The van der Waals surface area contributed by atoms with Gasteiger partial charge in [0.05, 0.1) is 7.05 Å². The molecule has 0 saturated heterocycles. The van der Waals surface area contributed by atoms with Gasteiger partial charge in [-0.25, -0.2) is 9.55 Å². The van der Waals surface area contributed by atoms with Crippen LogP contribution in [0.4, 0.5) is 0 Å². The fraction of sp³-hybridized carbons (Fsp3) is 0.226. The average Bonchev–Trinajstić information content (AvgIpc) is 3.63. The van der Waals surface area contributed by atoms with Crippen LogP contribution in [0.15, 0.2) is 83.3 Å². The highest BCUT2D eigenvalue weighted by Gasteiger charge is 2.32. The number of benzene rings is 4. The molecular weight excluding hydrogens is 430 g/mol. The van der Waals surface area contributed by atoms with Gasteiger partial charge in [0.2, 0.25) is 0 Å². The molecule has 0 aliphatic heterocycles. The van der Waals surface area contributed by atoms with Crippen molar-refractivity contribution in [3.63, 3.8) is 0 Å². The van der Waals surface area contributed by atoms with Crippen molar-refractivity contribution in [2.24, 2.45) is 7.05 Å². The third-order valence-electron chi connectivity index (χ3n) is 7.73. The first-order valence-electron chi connectivity index (χ1n) is 12.6. The minimum absolute atomic E-state index is 0.438. The number of fused-ring (bicyclic) bond motifs is 3. The van der Waals surface area contributed by atoms with Gasteiger partial charge in [0.15, 0.2) is 22.5 Å². The average molecular weight is 459 g/mol. The van der Waals surface area contributed by atoms with Crippen molar-refractivity contribution in [1.82, 2.24) is 9.55 Å². The number of oxazole rings is 1. The third kappa shape index (κ3) is 3.06. The van der Waals surface area contributed by atoms with E-state index in [1.54, 1.807) is 0 Å². The van der Waals surface area contributed by atoms with Crippen LogP contribution in [-0.2, 0) is 7.05 Å². The number of hydrogen-bond acceptors (Lipinski definition) is 2. The number of imidazole rings is 1. The van der Waals surface area contributed by atoms with E-state index in [2.05, 4.69) is 102 Å². The molecule has 1 saturated carbocycles. The summed E-state index contributed by atoms with van der Waals surface area (Å²) in [6.07, 6.45) is 4.87. The van der Waals surface area contributed by atoms with Gasteiger partial charge in [-0.05, 0) is 55.0 Å². The van der Waals surface area contributed by atoms with Crippen molar-refractivity contribution in [2.75, 3.05) is 0 Å². The van der Waals surface area contributed by atoms with Gasteiger partial charge in [-0.1, -0.05) is 67.4 Å². The highest BCUT2D eigenvalue weighted by Crippen LogP contribution is 2.40. The van der Waals surface area contributed by atoms with E-state index in [-0.39, 0.29) is 0 Å². The number of aromatic nitrogens is 3. The Hall–Kier alpha value is -3.92. The molecule has 0 amide bonds. The first kappa shape index (κ1) is 20.5. The van der Waals surface area contributed by atoms with Crippen LogP contribution in [0.25, 0.3) is 50.0 Å². The number of nitrogens with zero attached hydrogens (tertiary/aromatic N) is 3. The van der Waals surface area contributed by atoms with E-state index in [9.17, 15) is 0 Å². The second-order valence-electron chi connectivity index (χ2n) is 9.84. The van der Waals surface area contributed by atoms with E-state index in [4.69, 9.17) is 9.40 Å². The molecule has 1 fully saturated rings. The van der Waals surface area contributed by atoms with Crippen molar-refractivity contribution in [1.29, 1.82) is 0 Å². The van der Waals surface area contributed by atoms with Crippen molar-refractivity contribution in [3.05, 3.63) is 90.3 Å². The molecule has 4 aromatic carbocycles. The Bertz CT molecular complexity index is 1730. The summed E-state index contributed by atoms with van der Waals surface area (Å²) < 4.78 is 11.3. The Labute approximate surface area is 204 Å². The molecule has 0 N–H and O–H groups in total. The van der Waals surface area contributed by atoms with Gasteiger partial charge < -0.3 is 4.42 Å². The smallest absolute Gasteiger partial charge is 0.299 e. The quantitative estimate of drug-likeness (QED) is 0.259. The van der Waals surface area contributed by atoms with Crippen LogP contribution in [0.1, 0.15) is 43.1 Å². The topological polar surface area (TPSA) is 34.8 Å². The standard InChI is InChI=1S/C31H28N3O/c1-20-18-19-24-29(35-30(32-24)22-11-3-4-12-22)28(20)31-33(2)26-15-7-8-16-27(26)34(31)25-17-9-13-21-10-5-6-14-23(21)25/h5-10,13-19,22H,3-4,11-12H2,1-2H3/q+1. The molecular formula is C31H28N3O+. The maximum Gasteiger partial charge on any atom is 0.299 e. The summed E-state index contributed by atoms with van der Waals surface area (Å²) in [5.74, 6) is 2.45. The van der Waals surface area contributed by atoms with Crippen LogP contribution in [0.2, 0.25) is 0 Å². The van der Waals surface area contributed by atoms with E-state index in [0.29, 0.717) is 5.92 Å². The SMILES string of the molecule is Cc1ccc2nc(C3CCCC3)oc2c1-c1n(-c2cccc3ccccc23)c2ccccc2[n+]1C. The summed E-state index contributed by atoms with van der Waals surface area (Å²) in [6.45, 7) is 2.18. The Balaban J connectivity index is 1.59. The lowest BCUT2D eigenvalue weighted by atomic mass is 10.1. The maximum atomic E-state index is 6.61. The first-order valence-corrected chi connectivity index (χ1v) is 12.6. The predicted octanol–water partition coefficient (Wildman–Crippen LogP) is 7.38. The fourth-order valence-electron chi connectivity index (χ4n) is 5.97. The minimum atomic E-state index is 0.438. The zero-order valence-electron chi connectivity index (χ0n) is 20.2. The van der Waals surface area contributed by atoms with Crippen molar-refractivity contribution in [3.8, 4) is 17.1 Å². The lowest BCUT2D eigenvalue weighted by Crippen LogP contribution is -2.30. The van der Waals surface area contributed by atoms with Crippen LogP contribution in [0.5, 0.6) is 0 Å². The van der Waals surface area contributed by atoms with Gasteiger partial charge in [-0.15, -0.1) is 0 Å². The van der Waals surface area contributed by atoms with Gasteiger partial charge in [0.1, 0.15) is 16.8 Å². The van der Waals surface area contributed by atoms with Crippen molar-refractivity contribution < 1.29 is 8.98 Å². The summed E-state index contributed by atoms with van der Waals surface area (Å²) in [5.41, 5.74) is 7.67. The Morgan fingerprint density at radius 1 is 0.886 bits per heavy atom. The Morgan fingerprint density at radius 3 is 2.54 bits per heavy atom. The number of aryl methyl sites for hydroxylation is 2. The van der Waals surface area contributed by atoms with Crippen LogP contribution in [0.3, 0.4) is 0 Å². The summed E-state index contributed by atoms with van der Waals surface area (Å²) in [5, 5.41) is 2.46. The largest absolute Gasteiger partial charge is 0.439 e. The lowest BCUT2D eigenvalue weighted by molar-refractivity contribution is -0.633. The second-order valence-corrected chi connectivity index (χ2v) is 9.84. The number of hydrogen-bond donors (Lipinski definition) is 0. The van der Waals surface area contributed by atoms with Gasteiger partial charge in [-0.2, -0.15) is 4.57 Å². The molecule has 2 heterocycles. The second kappa shape index (κ2) is 7.81. The highest BCUT2D eigenvalue weighted by atomic mass is 16.3. The van der Waals surface area contributed by atoms with Crippen LogP contribution >= 0.6 is 0 Å². The first-order chi connectivity index (χ1) is 17.2. The van der Waals surface area contributed by atoms with Crippen molar-refractivity contribution >= 4 is 32.9 Å². The van der Waals surface area contributed by atoms with Gasteiger partial charge in [0, 0.05) is 11.3 Å². The maximum absolute atomic E-state index is 6.61. The molecule has 0 unspecified atom stereocenters. The summed E-state index contributed by atoms with van der Waals surface area (Å²) in [7, 11) is 2.16. The Kier molecular flexibility index (Phi) is 4.56. The summed E-state index contributed by atoms with van der Waals surface area (Å²) in [6, 6.07) is 28.1. The monoisotopic (exact) mass is 458 g/mol. The molecule has 2 aromatic heterocycles.